The predicted octanol–water partition coefficient (Wildman–Crippen LogP) is 3.74. The number of hydrogen-bond donors (Lipinski definition) is 1. The van der Waals surface area contributed by atoms with E-state index in [1.54, 1.807) is 12.1 Å². The zero-order chi connectivity index (χ0) is 16.5. The van der Waals surface area contributed by atoms with Crippen LogP contribution >= 0.6 is 15.9 Å². The highest BCUT2D eigenvalue weighted by atomic mass is 79.9. The number of rotatable bonds is 6. The highest BCUT2D eigenvalue weighted by Gasteiger charge is 2.05. The normalized spacial score (nSPS) is 11.5. The Balaban J connectivity index is 1.80. The quantitative estimate of drug-likeness (QED) is 0.616. The second-order valence-electron chi connectivity index (χ2n) is 4.45. The van der Waals surface area contributed by atoms with Crippen LogP contribution in [0.2, 0.25) is 0 Å². The number of para-hydroxylation sites is 1. The van der Waals surface area contributed by atoms with Gasteiger partial charge in [-0.25, -0.2) is 9.82 Å². The van der Waals surface area contributed by atoms with E-state index < -0.39 is 11.7 Å². The summed E-state index contributed by atoms with van der Waals surface area (Å²) >= 11 is 3.33. The molecule has 1 N–H and O–H groups in total. The van der Waals surface area contributed by atoms with Gasteiger partial charge in [-0.05, 0) is 39.7 Å². The van der Waals surface area contributed by atoms with Crippen molar-refractivity contribution in [2.75, 3.05) is 6.61 Å². The highest BCUT2D eigenvalue weighted by Crippen LogP contribution is 2.14. The van der Waals surface area contributed by atoms with Gasteiger partial charge in [-0.15, -0.1) is 0 Å². The molecule has 4 nitrogen and oxygen atoms in total. The van der Waals surface area contributed by atoms with E-state index in [1.165, 1.54) is 18.3 Å². The average molecular weight is 377 g/mol. The van der Waals surface area contributed by atoms with Crippen LogP contribution in [0.1, 0.15) is 5.56 Å². The molecular formula is C17H14BrFN2O2. The molecule has 1 amide bonds. The van der Waals surface area contributed by atoms with E-state index in [0.29, 0.717) is 4.48 Å². The molecular weight excluding hydrogens is 363 g/mol. The van der Waals surface area contributed by atoms with Gasteiger partial charge in [-0.1, -0.05) is 42.5 Å². The summed E-state index contributed by atoms with van der Waals surface area (Å²) < 4.78 is 19.1. The van der Waals surface area contributed by atoms with Gasteiger partial charge in [-0.3, -0.25) is 4.79 Å². The standard InChI is InChI=1S/C17H14BrFN2O2/c18-14(10-13-6-2-1-3-7-13)11-20-21-17(22)12-23-16-9-5-4-8-15(16)19/h1-11H,12H2,(H,21,22)/b14-10-,20-11+. The smallest absolute Gasteiger partial charge is 0.277 e. The fourth-order valence-corrected chi connectivity index (χ4v) is 2.02. The van der Waals surface area contributed by atoms with Gasteiger partial charge in [0.2, 0.25) is 0 Å². The monoisotopic (exact) mass is 376 g/mol. The van der Waals surface area contributed by atoms with E-state index in [-0.39, 0.29) is 12.4 Å². The summed E-state index contributed by atoms with van der Waals surface area (Å²) in [7, 11) is 0. The maximum atomic E-state index is 13.3. The Hall–Kier alpha value is -2.47. The van der Waals surface area contributed by atoms with Gasteiger partial charge < -0.3 is 4.74 Å². The fraction of sp³-hybridized carbons (Fsp3) is 0.0588. The molecule has 0 aliphatic carbocycles. The van der Waals surface area contributed by atoms with E-state index in [2.05, 4.69) is 26.5 Å². The molecule has 2 aromatic rings. The van der Waals surface area contributed by atoms with Gasteiger partial charge in [0.15, 0.2) is 18.2 Å². The zero-order valence-corrected chi connectivity index (χ0v) is 13.7. The molecule has 23 heavy (non-hydrogen) atoms. The van der Waals surface area contributed by atoms with Crippen molar-refractivity contribution in [3.63, 3.8) is 0 Å². The third kappa shape index (κ3) is 6.04. The molecule has 0 saturated carbocycles. The molecule has 0 saturated heterocycles. The molecule has 0 fully saturated rings. The molecule has 0 bridgehead atoms. The van der Waals surface area contributed by atoms with Crippen molar-refractivity contribution >= 4 is 34.1 Å². The summed E-state index contributed by atoms with van der Waals surface area (Å²) in [5, 5.41) is 3.79. The van der Waals surface area contributed by atoms with Crippen LogP contribution < -0.4 is 10.2 Å². The number of halogens is 2. The molecule has 118 valence electrons. The first-order valence-electron chi connectivity index (χ1n) is 6.76. The number of nitrogens with zero attached hydrogens (tertiary/aromatic N) is 1. The number of nitrogens with one attached hydrogen (secondary N) is 1. The second kappa shape index (κ2) is 8.85. The predicted molar refractivity (Wildman–Crippen MR) is 91.9 cm³/mol. The van der Waals surface area contributed by atoms with Crippen LogP contribution in [0.4, 0.5) is 4.39 Å². The summed E-state index contributed by atoms with van der Waals surface area (Å²) in [5.74, 6) is -0.973. The third-order valence-electron chi connectivity index (χ3n) is 2.68. The molecule has 0 aliphatic rings. The van der Waals surface area contributed by atoms with Crippen molar-refractivity contribution in [3.8, 4) is 5.75 Å². The number of hydrogen-bond acceptors (Lipinski definition) is 3. The van der Waals surface area contributed by atoms with Crippen LogP contribution in [0.5, 0.6) is 5.75 Å². The Morgan fingerprint density at radius 2 is 1.87 bits per heavy atom. The van der Waals surface area contributed by atoms with Gasteiger partial charge in [0, 0.05) is 4.48 Å². The maximum absolute atomic E-state index is 13.3. The molecule has 0 aromatic heterocycles. The average Bonchev–Trinajstić information content (AvgIpc) is 2.55. The van der Waals surface area contributed by atoms with Crippen LogP contribution in [-0.2, 0) is 4.79 Å². The Morgan fingerprint density at radius 1 is 1.17 bits per heavy atom. The fourth-order valence-electron chi connectivity index (χ4n) is 1.65. The number of ether oxygens (including phenoxy) is 1. The summed E-state index contributed by atoms with van der Waals surface area (Å²) in [6.07, 6.45) is 3.31. The summed E-state index contributed by atoms with van der Waals surface area (Å²) in [4.78, 5) is 11.6. The Kier molecular flexibility index (Phi) is 6.50. The van der Waals surface area contributed by atoms with E-state index in [4.69, 9.17) is 4.74 Å². The molecule has 0 aliphatic heterocycles. The van der Waals surface area contributed by atoms with Gasteiger partial charge >= 0.3 is 0 Å². The molecule has 0 radical (unpaired) electrons. The Labute approximate surface area is 141 Å². The second-order valence-corrected chi connectivity index (χ2v) is 5.37. The van der Waals surface area contributed by atoms with Crippen molar-refractivity contribution in [1.29, 1.82) is 0 Å². The number of allylic oxidation sites excluding steroid dienone is 1. The Bertz CT molecular complexity index is 718. The number of hydrazone groups is 1. The summed E-state index contributed by atoms with van der Waals surface area (Å²) in [6.45, 7) is -0.321. The SMILES string of the molecule is O=C(COc1ccccc1F)N/N=C/C(Br)=C/c1ccccc1. The summed E-state index contributed by atoms with van der Waals surface area (Å²) in [6, 6.07) is 15.5. The largest absolute Gasteiger partial charge is 0.481 e. The molecule has 2 aromatic carbocycles. The minimum atomic E-state index is -0.516. The lowest BCUT2D eigenvalue weighted by molar-refractivity contribution is -0.123. The highest BCUT2D eigenvalue weighted by molar-refractivity contribution is 9.12. The molecule has 0 unspecified atom stereocenters. The zero-order valence-electron chi connectivity index (χ0n) is 12.1. The first-order valence-corrected chi connectivity index (χ1v) is 7.56. The van der Waals surface area contributed by atoms with Gasteiger partial charge in [0.25, 0.3) is 5.91 Å². The van der Waals surface area contributed by atoms with Gasteiger partial charge in [0.05, 0.1) is 6.21 Å². The Morgan fingerprint density at radius 3 is 2.61 bits per heavy atom. The topological polar surface area (TPSA) is 50.7 Å². The van der Waals surface area contributed by atoms with Crippen LogP contribution in [0.3, 0.4) is 0 Å². The van der Waals surface area contributed by atoms with Gasteiger partial charge in [-0.2, -0.15) is 5.10 Å². The van der Waals surface area contributed by atoms with E-state index in [0.717, 1.165) is 5.56 Å². The lowest BCUT2D eigenvalue weighted by atomic mass is 10.2. The first kappa shape index (κ1) is 16.9. The van der Waals surface area contributed by atoms with Crippen LogP contribution in [-0.4, -0.2) is 18.7 Å². The number of carbonyl (C=O) groups is 1. The van der Waals surface area contributed by atoms with Crippen LogP contribution in [0.25, 0.3) is 6.08 Å². The lowest BCUT2D eigenvalue weighted by Gasteiger charge is -2.05. The molecule has 0 heterocycles. The van der Waals surface area contributed by atoms with Crippen molar-refractivity contribution in [3.05, 3.63) is 70.5 Å². The van der Waals surface area contributed by atoms with Crippen LogP contribution in [0, 0.1) is 5.82 Å². The van der Waals surface area contributed by atoms with Crippen molar-refractivity contribution in [1.82, 2.24) is 5.43 Å². The molecule has 6 heteroatoms. The molecule has 2 rings (SSSR count). The minimum absolute atomic E-state index is 0.0248. The van der Waals surface area contributed by atoms with Crippen LogP contribution in [0.15, 0.2) is 64.2 Å². The third-order valence-corrected chi connectivity index (χ3v) is 3.11. The van der Waals surface area contributed by atoms with Crippen molar-refractivity contribution in [2.24, 2.45) is 5.10 Å². The van der Waals surface area contributed by atoms with E-state index in [9.17, 15) is 9.18 Å². The minimum Gasteiger partial charge on any atom is -0.481 e. The number of amides is 1. The lowest BCUT2D eigenvalue weighted by Crippen LogP contribution is -2.24. The first-order chi connectivity index (χ1) is 11.1. The van der Waals surface area contributed by atoms with Crippen molar-refractivity contribution in [2.45, 2.75) is 0 Å². The molecule has 0 spiro atoms. The number of carbonyl (C=O) groups excluding carboxylic acids is 1. The van der Waals surface area contributed by atoms with Gasteiger partial charge in [0.1, 0.15) is 0 Å². The van der Waals surface area contributed by atoms with E-state index in [1.807, 2.05) is 36.4 Å². The van der Waals surface area contributed by atoms with E-state index >= 15 is 0 Å². The summed E-state index contributed by atoms with van der Waals surface area (Å²) in [5.41, 5.74) is 3.30. The molecule has 0 atom stereocenters. The maximum Gasteiger partial charge on any atom is 0.277 e. The van der Waals surface area contributed by atoms with Crippen molar-refractivity contribution < 1.29 is 13.9 Å². The number of benzene rings is 2.